The van der Waals surface area contributed by atoms with Crippen LogP contribution in [0.4, 0.5) is 0 Å². The SMILES string of the molecule is CO[C@@H]1O[C@@H]([C@@H](CO[C@@H]2O[C@@H]([C@H](O)COCc3ccccc3)[C@H](OCc3ccccc3)[C@H]2OCc2ccccc2)OCc2ccccc2)[C@H](OCc2ccccc2)[C@H]1OCc1ccccc1. The molecule has 0 saturated carbocycles. The van der Waals surface area contributed by atoms with Crippen molar-refractivity contribution in [2.45, 2.75) is 101 Å². The van der Waals surface area contributed by atoms with E-state index in [1.54, 1.807) is 7.11 Å². The highest BCUT2D eigenvalue weighted by Gasteiger charge is 2.53. The first kappa shape index (κ1) is 47.4. The number of hydrogen-bond acceptors (Lipinski definition) is 11. The molecule has 10 atom stereocenters. The van der Waals surface area contributed by atoms with Crippen LogP contribution in [0.25, 0.3) is 0 Å². The summed E-state index contributed by atoms with van der Waals surface area (Å²) in [5, 5.41) is 11.9. The fourth-order valence-corrected chi connectivity index (χ4v) is 8.20. The Kier molecular flexibility index (Phi) is 18.0. The summed E-state index contributed by atoms with van der Waals surface area (Å²) < 4.78 is 65.8. The summed E-state index contributed by atoms with van der Waals surface area (Å²) in [5.74, 6) is 0. The third-order valence-electron chi connectivity index (χ3n) is 11.7. The van der Waals surface area contributed by atoms with Gasteiger partial charge in [0.2, 0.25) is 0 Å². The standard InChI is InChI=1S/C55H60O11/c1-57-54-52(62-36-44-28-16-6-17-29-44)51(61-35-43-26-14-5-15-27-43)49(66-54)47(59-33-41-22-10-3-11-23-41)39-64-55-53(63-37-45-30-18-7-19-31-45)50(60-34-42-24-12-4-13-25-42)48(65-55)46(56)38-58-32-40-20-8-2-9-21-40/h2-31,46-56H,32-39H2,1H3/t46-,47-,48+,49+,50+,51+,52-,53-,54-,55-/m1/s1. The Balaban J connectivity index is 1.07. The van der Waals surface area contributed by atoms with Crippen molar-refractivity contribution in [1.29, 1.82) is 0 Å². The van der Waals surface area contributed by atoms with Crippen LogP contribution in [-0.2, 0) is 87.0 Å². The number of methoxy groups -OCH3 is 1. The molecule has 11 heteroatoms. The molecule has 8 rings (SSSR count). The lowest BCUT2D eigenvalue weighted by Crippen LogP contribution is -2.46. The quantitative estimate of drug-likeness (QED) is 0.0597. The van der Waals surface area contributed by atoms with Gasteiger partial charge < -0.3 is 52.5 Å². The van der Waals surface area contributed by atoms with Crippen LogP contribution in [0.3, 0.4) is 0 Å². The highest BCUT2D eigenvalue weighted by molar-refractivity contribution is 5.18. The van der Waals surface area contributed by atoms with Gasteiger partial charge in [-0.2, -0.15) is 0 Å². The minimum absolute atomic E-state index is 0.00911. The van der Waals surface area contributed by atoms with Crippen molar-refractivity contribution in [3.63, 3.8) is 0 Å². The second-order valence-electron chi connectivity index (χ2n) is 16.5. The molecule has 66 heavy (non-hydrogen) atoms. The van der Waals surface area contributed by atoms with Crippen molar-refractivity contribution in [3.05, 3.63) is 215 Å². The summed E-state index contributed by atoms with van der Waals surface area (Å²) in [7, 11) is 1.60. The van der Waals surface area contributed by atoms with Crippen molar-refractivity contribution in [2.24, 2.45) is 0 Å². The van der Waals surface area contributed by atoms with E-state index in [1.807, 2.05) is 182 Å². The molecule has 0 bridgehead atoms. The lowest BCUT2D eigenvalue weighted by molar-refractivity contribution is -0.225. The van der Waals surface area contributed by atoms with Crippen LogP contribution in [0.5, 0.6) is 0 Å². The number of rotatable bonds is 25. The first-order valence-corrected chi connectivity index (χ1v) is 22.6. The Labute approximate surface area is 388 Å². The molecule has 0 amide bonds. The van der Waals surface area contributed by atoms with Crippen LogP contribution in [-0.4, -0.2) is 86.8 Å². The summed E-state index contributed by atoms with van der Waals surface area (Å²) in [6.07, 6.45) is -7.99. The van der Waals surface area contributed by atoms with Gasteiger partial charge in [-0.25, -0.2) is 0 Å². The fourth-order valence-electron chi connectivity index (χ4n) is 8.20. The molecule has 0 unspecified atom stereocenters. The number of aliphatic hydroxyl groups excluding tert-OH is 1. The number of aliphatic hydroxyl groups is 1. The smallest absolute Gasteiger partial charge is 0.187 e. The van der Waals surface area contributed by atoms with Gasteiger partial charge in [0.1, 0.15) is 48.8 Å². The lowest BCUT2D eigenvalue weighted by atomic mass is 10.0. The van der Waals surface area contributed by atoms with Gasteiger partial charge in [0.15, 0.2) is 12.6 Å². The van der Waals surface area contributed by atoms with Crippen LogP contribution in [0.1, 0.15) is 33.4 Å². The van der Waals surface area contributed by atoms with Crippen LogP contribution < -0.4 is 0 Å². The van der Waals surface area contributed by atoms with Crippen LogP contribution >= 0.6 is 0 Å². The van der Waals surface area contributed by atoms with Gasteiger partial charge in [0, 0.05) is 7.11 Å². The van der Waals surface area contributed by atoms with Crippen molar-refractivity contribution in [3.8, 4) is 0 Å². The van der Waals surface area contributed by atoms with Crippen molar-refractivity contribution >= 4 is 0 Å². The highest BCUT2D eigenvalue weighted by atomic mass is 16.7. The van der Waals surface area contributed by atoms with Gasteiger partial charge in [-0.15, -0.1) is 0 Å². The van der Waals surface area contributed by atoms with Gasteiger partial charge in [-0.3, -0.25) is 0 Å². The Morgan fingerprint density at radius 2 is 0.742 bits per heavy atom. The molecule has 6 aromatic carbocycles. The Morgan fingerprint density at radius 3 is 1.17 bits per heavy atom. The summed E-state index contributed by atoms with van der Waals surface area (Å²) in [6.45, 7) is 1.67. The number of hydrogen-bond donors (Lipinski definition) is 1. The summed E-state index contributed by atoms with van der Waals surface area (Å²) in [6, 6.07) is 59.5. The number of ether oxygens (including phenoxy) is 10. The molecule has 2 fully saturated rings. The van der Waals surface area contributed by atoms with E-state index < -0.39 is 61.4 Å². The predicted molar refractivity (Wildman–Crippen MR) is 247 cm³/mol. The Bertz CT molecular complexity index is 2220. The third kappa shape index (κ3) is 13.5. The molecule has 2 saturated heterocycles. The Hall–Kier alpha value is -5.12. The van der Waals surface area contributed by atoms with Crippen LogP contribution in [0, 0.1) is 0 Å². The van der Waals surface area contributed by atoms with Crippen LogP contribution in [0.15, 0.2) is 182 Å². The maximum atomic E-state index is 11.9. The van der Waals surface area contributed by atoms with E-state index in [2.05, 4.69) is 0 Å². The largest absolute Gasteiger partial charge is 0.388 e. The van der Waals surface area contributed by atoms with E-state index in [1.165, 1.54) is 0 Å². The van der Waals surface area contributed by atoms with E-state index in [0.717, 1.165) is 33.4 Å². The summed E-state index contributed by atoms with van der Waals surface area (Å²) in [5.41, 5.74) is 5.88. The molecule has 2 heterocycles. The van der Waals surface area contributed by atoms with Gasteiger partial charge in [-0.1, -0.05) is 182 Å². The zero-order valence-electron chi connectivity index (χ0n) is 37.3. The molecule has 2 aliphatic heterocycles. The average Bonchev–Trinajstić information content (AvgIpc) is 3.92. The van der Waals surface area contributed by atoms with Crippen molar-refractivity contribution in [2.75, 3.05) is 20.3 Å². The molecule has 346 valence electrons. The zero-order valence-corrected chi connectivity index (χ0v) is 37.3. The van der Waals surface area contributed by atoms with Crippen molar-refractivity contribution < 1.29 is 52.5 Å². The minimum Gasteiger partial charge on any atom is -0.388 e. The van der Waals surface area contributed by atoms with Crippen molar-refractivity contribution in [1.82, 2.24) is 0 Å². The summed E-state index contributed by atoms with van der Waals surface area (Å²) in [4.78, 5) is 0. The molecule has 11 nitrogen and oxygen atoms in total. The molecule has 2 aliphatic rings. The van der Waals surface area contributed by atoms with Gasteiger partial charge in [-0.05, 0) is 33.4 Å². The maximum absolute atomic E-state index is 11.9. The molecule has 1 N–H and O–H groups in total. The van der Waals surface area contributed by atoms with Gasteiger partial charge >= 0.3 is 0 Å². The van der Waals surface area contributed by atoms with Crippen LogP contribution in [0.2, 0.25) is 0 Å². The van der Waals surface area contributed by atoms with E-state index in [4.69, 9.17) is 47.4 Å². The molecular formula is C55H60O11. The van der Waals surface area contributed by atoms with E-state index in [9.17, 15) is 5.11 Å². The predicted octanol–water partition coefficient (Wildman–Crippen LogP) is 8.60. The first-order valence-electron chi connectivity index (χ1n) is 22.6. The molecule has 6 aromatic rings. The molecule has 0 spiro atoms. The fraction of sp³-hybridized carbons (Fsp3) is 0.345. The minimum atomic E-state index is -1.09. The first-order chi connectivity index (χ1) is 32.6. The highest BCUT2D eigenvalue weighted by Crippen LogP contribution is 2.35. The monoisotopic (exact) mass is 896 g/mol. The second-order valence-corrected chi connectivity index (χ2v) is 16.5. The van der Waals surface area contributed by atoms with E-state index >= 15 is 0 Å². The molecule has 0 radical (unpaired) electrons. The molecular weight excluding hydrogens is 837 g/mol. The number of benzene rings is 6. The van der Waals surface area contributed by atoms with E-state index in [0.29, 0.717) is 19.8 Å². The molecule has 0 aromatic heterocycles. The average molecular weight is 897 g/mol. The second kappa shape index (κ2) is 25.1. The lowest BCUT2D eigenvalue weighted by Gasteiger charge is -2.31. The van der Waals surface area contributed by atoms with Gasteiger partial charge in [0.05, 0.1) is 52.9 Å². The summed E-state index contributed by atoms with van der Waals surface area (Å²) >= 11 is 0. The van der Waals surface area contributed by atoms with Gasteiger partial charge in [0.25, 0.3) is 0 Å². The third-order valence-corrected chi connectivity index (χ3v) is 11.7. The van der Waals surface area contributed by atoms with E-state index in [-0.39, 0.29) is 33.0 Å². The normalized spacial score (nSPS) is 23.7. The zero-order chi connectivity index (χ0) is 45.2. The Morgan fingerprint density at radius 1 is 0.394 bits per heavy atom. The maximum Gasteiger partial charge on any atom is 0.187 e. The molecule has 0 aliphatic carbocycles. The topological polar surface area (TPSA) is 113 Å².